The molecule has 2 heterocycles. The molecule has 1 N–H and O–H groups in total. The lowest BCUT2D eigenvalue weighted by molar-refractivity contribution is -0.146. The molecule has 164 valence electrons. The molecule has 0 bridgehead atoms. The van der Waals surface area contributed by atoms with Gasteiger partial charge in [-0.05, 0) is 43.0 Å². The van der Waals surface area contributed by atoms with Gasteiger partial charge in [0.05, 0.1) is 18.1 Å². The van der Waals surface area contributed by atoms with E-state index < -0.39 is 23.1 Å². The Morgan fingerprint density at radius 1 is 1.16 bits per heavy atom. The van der Waals surface area contributed by atoms with Crippen LogP contribution in [-0.2, 0) is 25.5 Å². The van der Waals surface area contributed by atoms with E-state index in [1.165, 1.54) is 16.2 Å². The first-order valence-corrected chi connectivity index (χ1v) is 11.0. The zero-order valence-electron chi connectivity index (χ0n) is 18.3. The van der Waals surface area contributed by atoms with Crippen molar-refractivity contribution in [3.63, 3.8) is 0 Å². The summed E-state index contributed by atoms with van der Waals surface area (Å²) in [6, 6.07) is 9.92. The summed E-state index contributed by atoms with van der Waals surface area (Å²) in [7, 11) is 0. The van der Waals surface area contributed by atoms with Crippen LogP contribution < -0.4 is 4.90 Å². The van der Waals surface area contributed by atoms with Crippen molar-refractivity contribution in [1.82, 2.24) is 0 Å². The lowest BCUT2D eigenvalue weighted by Crippen LogP contribution is -2.32. The fraction of sp³-hybridized carbons (Fsp3) is 0.375. The van der Waals surface area contributed by atoms with Crippen LogP contribution in [0, 0.1) is 5.41 Å². The first-order valence-electron chi connectivity index (χ1n) is 10.1. The van der Waals surface area contributed by atoms with Crippen molar-refractivity contribution in [1.29, 1.82) is 0 Å². The number of Topliss-reactive ketones (excluding diaryl/α,β-unsaturated/α-hetero) is 1. The zero-order chi connectivity index (χ0) is 22.9. The smallest absolute Gasteiger partial charge is 0.310 e. The van der Waals surface area contributed by atoms with Crippen molar-refractivity contribution in [3.8, 4) is 0 Å². The number of aliphatic hydroxyl groups is 1. The van der Waals surface area contributed by atoms with Crippen molar-refractivity contribution in [2.24, 2.45) is 5.41 Å². The number of nitrogens with zero attached hydrogens (tertiary/aromatic N) is 1. The molecule has 1 aliphatic rings. The molecule has 1 amide bonds. The van der Waals surface area contributed by atoms with Gasteiger partial charge >= 0.3 is 5.97 Å². The van der Waals surface area contributed by atoms with Gasteiger partial charge in [0, 0.05) is 16.0 Å². The second-order valence-corrected chi connectivity index (χ2v) is 9.80. The number of thiophene rings is 1. The Balaban J connectivity index is 1.96. The Bertz CT molecular complexity index is 1010. The van der Waals surface area contributed by atoms with Gasteiger partial charge in [0.2, 0.25) is 0 Å². The molecule has 0 spiro atoms. The molecule has 3 rings (SSSR count). The summed E-state index contributed by atoms with van der Waals surface area (Å²) >= 11 is 1.42. The molecular weight excluding hydrogens is 414 g/mol. The van der Waals surface area contributed by atoms with Crippen molar-refractivity contribution < 1.29 is 24.2 Å². The Kier molecular flexibility index (Phi) is 6.36. The number of benzene rings is 1. The van der Waals surface area contributed by atoms with Crippen LogP contribution in [0.4, 0.5) is 5.69 Å². The molecule has 0 saturated carbocycles. The molecule has 0 aliphatic carbocycles. The minimum Gasteiger partial charge on any atom is -0.503 e. The third-order valence-electron chi connectivity index (χ3n) is 4.88. The third kappa shape index (κ3) is 4.71. The predicted molar refractivity (Wildman–Crippen MR) is 120 cm³/mol. The highest BCUT2D eigenvalue weighted by atomic mass is 32.1. The molecule has 1 atom stereocenters. The minimum atomic E-state index is -0.754. The number of carbonyl (C=O) groups is 3. The molecule has 2 aromatic rings. The van der Waals surface area contributed by atoms with Crippen molar-refractivity contribution >= 4 is 34.7 Å². The van der Waals surface area contributed by atoms with E-state index in [9.17, 15) is 19.5 Å². The summed E-state index contributed by atoms with van der Waals surface area (Å²) in [6.45, 7) is 8.87. The van der Waals surface area contributed by atoms with E-state index in [1.54, 1.807) is 58.9 Å². The highest BCUT2D eigenvalue weighted by Gasteiger charge is 2.47. The van der Waals surface area contributed by atoms with Gasteiger partial charge in [0.1, 0.15) is 6.04 Å². The molecular formula is C24H27NO5S. The molecule has 0 fully saturated rings. The number of hydrogen-bond donors (Lipinski definition) is 1. The number of hydrogen-bond acceptors (Lipinski definition) is 6. The number of amides is 1. The van der Waals surface area contributed by atoms with Gasteiger partial charge in [-0.25, -0.2) is 0 Å². The van der Waals surface area contributed by atoms with Crippen LogP contribution >= 0.6 is 11.3 Å². The third-order valence-corrected chi connectivity index (χ3v) is 5.80. The van der Waals surface area contributed by atoms with E-state index >= 15 is 0 Å². The molecule has 31 heavy (non-hydrogen) atoms. The van der Waals surface area contributed by atoms with Gasteiger partial charge in [-0.3, -0.25) is 19.3 Å². The quantitative estimate of drug-likeness (QED) is 0.654. The van der Waals surface area contributed by atoms with Gasteiger partial charge in [-0.1, -0.05) is 39.0 Å². The standard InChI is InChI=1S/C24H27NO5S/c1-14(2)30-18(26)13-15-8-10-16(11-9-15)25-20(17-7-6-12-31-17)19(21(27)23(25)29)22(28)24(3,4)5/h6-12,14,20,27H,13H2,1-5H3. The van der Waals surface area contributed by atoms with E-state index in [1.807, 2.05) is 17.5 Å². The Labute approximate surface area is 186 Å². The monoisotopic (exact) mass is 441 g/mol. The first-order chi connectivity index (χ1) is 14.5. The van der Waals surface area contributed by atoms with Crippen LogP contribution in [0.3, 0.4) is 0 Å². The Morgan fingerprint density at radius 3 is 2.32 bits per heavy atom. The van der Waals surface area contributed by atoms with Crippen molar-refractivity contribution in [2.75, 3.05) is 4.90 Å². The molecule has 1 aromatic carbocycles. The fourth-order valence-corrected chi connectivity index (χ4v) is 4.29. The van der Waals surface area contributed by atoms with Gasteiger partial charge < -0.3 is 9.84 Å². The number of esters is 1. The number of rotatable bonds is 6. The van der Waals surface area contributed by atoms with Crippen LogP contribution in [0.15, 0.2) is 53.1 Å². The topological polar surface area (TPSA) is 83.9 Å². The van der Waals surface area contributed by atoms with E-state index in [-0.39, 0.29) is 29.9 Å². The Hall–Kier alpha value is -2.93. The van der Waals surface area contributed by atoms with E-state index in [4.69, 9.17) is 4.74 Å². The van der Waals surface area contributed by atoms with E-state index in [0.29, 0.717) is 5.69 Å². The van der Waals surface area contributed by atoms with Crippen LogP contribution in [-0.4, -0.2) is 28.9 Å². The molecule has 0 saturated heterocycles. The van der Waals surface area contributed by atoms with Crippen LogP contribution in [0.1, 0.15) is 51.1 Å². The van der Waals surface area contributed by atoms with Gasteiger partial charge in [0.25, 0.3) is 5.91 Å². The maximum absolute atomic E-state index is 13.1. The molecule has 1 aromatic heterocycles. The second-order valence-electron chi connectivity index (χ2n) is 8.82. The summed E-state index contributed by atoms with van der Waals surface area (Å²) in [6.07, 6.45) is -0.0637. The average Bonchev–Trinajstić information content (AvgIpc) is 3.28. The largest absolute Gasteiger partial charge is 0.503 e. The SMILES string of the molecule is CC(C)OC(=O)Cc1ccc(N2C(=O)C(O)=C(C(=O)C(C)(C)C)C2c2cccs2)cc1. The number of ketones is 1. The number of ether oxygens (including phenoxy) is 1. The number of aliphatic hydroxyl groups excluding tert-OH is 1. The number of carbonyl (C=O) groups excluding carboxylic acids is 3. The average molecular weight is 442 g/mol. The van der Waals surface area contributed by atoms with E-state index in [0.717, 1.165) is 10.4 Å². The highest BCUT2D eigenvalue weighted by molar-refractivity contribution is 7.10. The van der Waals surface area contributed by atoms with Gasteiger partial charge in [-0.15, -0.1) is 11.3 Å². The molecule has 1 unspecified atom stereocenters. The minimum absolute atomic E-state index is 0.115. The molecule has 1 aliphatic heterocycles. The first kappa shape index (κ1) is 22.7. The summed E-state index contributed by atoms with van der Waals surface area (Å²) in [4.78, 5) is 40.3. The van der Waals surface area contributed by atoms with Crippen molar-refractivity contribution in [3.05, 3.63) is 63.6 Å². The summed E-state index contributed by atoms with van der Waals surface area (Å²) in [5.41, 5.74) is 0.643. The van der Waals surface area contributed by atoms with Crippen molar-refractivity contribution in [2.45, 2.75) is 53.2 Å². The molecule has 7 heteroatoms. The van der Waals surface area contributed by atoms with Crippen LogP contribution in [0.2, 0.25) is 0 Å². The predicted octanol–water partition coefficient (Wildman–Crippen LogP) is 4.76. The normalized spacial score (nSPS) is 16.9. The maximum Gasteiger partial charge on any atom is 0.310 e. The molecule has 6 nitrogen and oxygen atoms in total. The lowest BCUT2D eigenvalue weighted by Gasteiger charge is -2.28. The maximum atomic E-state index is 13.1. The summed E-state index contributed by atoms with van der Waals surface area (Å²) < 4.78 is 5.17. The van der Waals surface area contributed by atoms with Gasteiger partial charge in [-0.2, -0.15) is 0 Å². The summed E-state index contributed by atoms with van der Waals surface area (Å²) in [5, 5.41) is 12.5. The summed E-state index contributed by atoms with van der Waals surface area (Å²) in [5.74, 6) is -1.72. The van der Waals surface area contributed by atoms with Crippen LogP contribution in [0.5, 0.6) is 0 Å². The molecule has 0 radical (unpaired) electrons. The van der Waals surface area contributed by atoms with Gasteiger partial charge in [0.15, 0.2) is 11.5 Å². The van der Waals surface area contributed by atoms with Crippen LogP contribution in [0.25, 0.3) is 0 Å². The zero-order valence-corrected chi connectivity index (χ0v) is 19.2. The van der Waals surface area contributed by atoms with E-state index in [2.05, 4.69) is 0 Å². The second kappa shape index (κ2) is 8.67. The number of anilines is 1. The lowest BCUT2D eigenvalue weighted by atomic mass is 9.83. The fourth-order valence-electron chi connectivity index (χ4n) is 3.47. The Morgan fingerprint density at radius 2 is 1.81 bits per heavy atom. The highest BCUT2D eigenvalue weighted by Crippen LogP contribution is 2.44.